The Morgan fingerprint density at radius 2 is 2.15 bits per heavy atom. The maximum absolute atomic E-state index is 12.3. The van der Waals surface area contributed by atoms with Crippen LogP contribution in [0, 0.1) is 11.8 Å². The van der Waals surface area contributed by atoms with Crippen molar-refractivity contribution in [1.29, 1.82) is 0 Å². The molecular weight excluding hydrogens is 272 g/mol. The van der Waals surface area contributed by atoms with Gasteiger partial charge in [0, 0.05) is 19.1 Å². The van der Waals surface area contributed by atoms with E-state index in [0.29, 0.717) is 23.2 Å². The molecule has 2 heterocycles. The van der Waals surface area contributed by atoms with Gasteiger partial charge in [0.2, 0.25) is 0 Å². The Labute approximate surface area is 124 Å². The lowest BCUT2D eigenvalue weighted by Gasteiger charge is -2.19. The molecule has 0 saturated carbocycles. The van der Waals surface area contributed by atoms with Crippen molar-refractivity contribution in [1.82, 2.24) is 9.69 Å². The maximum Gasteiger partial charge on any atom is 0.258 e. The molecule has 0 radical (unpaired) electrons. The Morgan fingerprint density at radius 1 is 1.45 bits per heavy atom. The number of nitrogens with two attached hydrogens (primary N) is 1. The highest BCUT2D eigenvalue weighted by Crippen LogP contribution is 2.35. The average molecular weight is 296 g/mol. The second kappa shape index (κ2) is 5.99. The van der Waals surface area contributed by atoms with E-state index in [2.05, 4.69) is 28.4 Å². The Balaban J connectivity index is 2.19. The van der Waals surface area contributed by atoms with E-state index in [-0.39, 0.29) is 11.9 Å². The predicted octanol–water partition coefficient (Wildman–Crippen LogP) is 2.35. The molecule has 1 unspecified atom stereocenters. The minimum Gasteiger partial charge on any atom is -0.382 e. The number of nitrogens with one attached hydrogen (secondary N) is 1. The summed E-state index contributed by atoms with van der Waals surface area (Å²) >= 11 is 1.33. The van der Waals surface area contributed by atoms with E-state index in [1.165, 1.54) is 18.0 Å². The third kappa shape index (κ3) is 3.06. The molecule has 1 atom stereocenters. The summed E-state index contributed by atoms with van der Waals surface area (Å²) in [5.41, 5.74) is 6.44. The predicted molar refractivity (Wildman–Crippen MR) is 84.3 cm³/mol. The van der Waals surface area contributed by atoms with E-state index in [4.69, 9.17) is 5.73 Å². The quantitative estimate of drug-likeness (QED) is 0.894. The van der Waals surface area contributed by atoms with E-state index >= 15 is 0 Å². The van der Waals surface area contributed by atoms with Crippen LogP contribution in [0.3, 0.4) is 0 Å². The molecular formula is C14H24N4OS. The van der Waals surface area contributed by atoms with Gasteiger partial charge in [-0.25, -0.2) is 0 Å². The van der Waals surface area contributed by atoms with Gasteiger partial charge in [-0.15, -0.1) is 0 Å². The smallest absolute Gasteiger partial charge is 0.258 e. The fourth-order valence-electron chi connectivity index (χ4n) is 2.57. The number of hydrogen-bond acceptors (Lipinski definition) is 5. The number of hydrogen-bond donors (Lipinski definition) is 2. The van der Waals surface area contributed by atoms with Crippen molar-refractivity contribution in [2.24, 2.45) is 11.8 Å². The first-order chi connectivity index (χ1) is 9.40. The van der Waals surface area contributed by atoms with E-state index in [1.54, 1.807) is 0 Å². The lowest BCUT2D eigenvalue weighted by atomic mass is 9.95. The molecule has 1 fully saturated rings. The molecule has 2 rings (SSSR count). The van der Waals surface area contributed by atoms with E-state index in [9.17, 15) is 4.79 Å². The van der Waals surface area contributed by atoms with Crippen LogP contribution in [-0.4, -0.2) is 29.4 Å². The minimum absolute atomic E-state index is 0.0941. The average Bonchev–Trinajstić information content (AvgIpc) is 2.93. The van der Waals surface area contributed by atoms with Gasteiger partial charge in [0.15, 0.2) is 5.82 Å². The summed E-state index contributed by atoms with van der Waals surface area (Å²) < 4.78 is 4.18. The number of rotatable bonds is 4. The largest absolute Gasteiger partial charge is 0.382 e. The Bertz CT molecular complexity index is 484. The fourth-order valence-corrected chi connectivity index (χ4v) is 3.42. The first-order valence-corrected chi connectivity index (χ1v) is 7.98. The van der Waals surface area contributed by atoms with Crippen molar-refractivity contribution < 1.29 is 4.79 Å². The first-order valence-electron chi connectivity index (χ1n) is 7.21. The molecule has 1 aliphatic rings. The number of aromatic nitrogens is 1. The van der Waals surface area contributed by atoms with E-state index in [0.717, 1.165) is 18.1 Å². The van der Waals surface area contributed by atoms with Crippen LogP contribution in [0.4, 0.5) is 10.8 Å². The van der Waals surface area contributed by atoms with Gasteiger partial charge in [-0.3, -0.25) is 4.79 Å². The number of nitrogen functional groups attached to an aromatic ring is 1. The van der Waals surface area contributed by atoms with Gasteiger partial charge in [-0.2, -0.15) is 4.37 Å². The molecule has 0 bridgehead atoms. The first kappa shape index (κ1) is 15.1. The van der Waals surface area contributed by atoms with Gasteiger partial charge < -0.3 is 16.0 Å². The number of carbonyl (C=O) groups is 1. The monoisotopic (exact) mass is 296 g/mol. The van der Waals surface area contributed by atoms with Gasteiger partial charge in [0.25, 0.3) is 5.91 Å². The lowest BCUT2D eigenvalue weighted by Crippen LogP contribution is -2.32. The van der Waals surface area contributed by atoms with Gasteiger partial charge in [-0.1, -0.05) is 13.8 Å². The van der Waals surface area contributed by atoms with E-state index in [1.807, 2.05) is 13.8 Å². The molecule has 1 amide bonds. The van der Waals surface area contributed by atoms with Gasteiger partial charge >= 0.3 is 0 Å². The highest BCUT2D eigenvalue weighted by molar-refractivity contribution is 7.11. The zero-order chi connectivity index (χ0) is 14.9. The molecule has 1 saturated heterocycles. The number of anilines is 2. The summed E-state index contributed by atoms with van der Waals surface area (Å²) in [6, 6.07) is 0.0941. The summed E-state index contributed by atoms with van der Waals surface area (Å²) in [6.07, 6.45) is 1.17. The SMILES string of the molecule is CC(C)NC(=O)c1c(N)nsc1N1CCC(C(C)C)C1. The van der Waals surface area contributed by atoms with Crippen molar-refractivity contribution in [3.63, 3.8) is 0 Å². The summed E-state index contributed by atoms with van der Waals surface area (Å²) in [6.45, 7) is 10.4. The molecule has 1 aromatic rings. The van der Waals surface area contributed by atoms with Gasteiger partial charge in [-0.05, 0) is 43.6 Å². The highest BCUT2D eigenvalue weighted by atomic mass is 32.1. The van der Waals surface area contributed by atoms with Crippen LogP contribution < -0.4 is 16.0 Å². The molecule has 1 aliphatic heterocycles. The molecule has 0 aliphatic carbocycles. The molecule has 0 spiro atoms. The Morgan fingerprint density at radius 3 is 2.70 bits per heavy atom. The topological polar surface area (TPSA) is 71.2 Å². The van der Waals surface area contributed by atoms with Crippen LogP contribution in [0.2, 0.25) is 0 Å². The summed E-state index contributed by atoms with van der Waals surface area (Å²) in [7, 11) is 0. The van der Waals surface area contributed by atoms with Crippen molar-refractivity contribution in [2.45, 2.75) is 40.2 Å². The highest BCUT2D eigenvalue weighted by Gasteiger charge is 2.30. The normalized spacial score (nSPS) is 19.1. The van der Waals surface area contributed by atoms with Crippen molar-refractivity contribution >= 4 is 28.3 Å². The van der Waals surface area contributed by atoms with Crippen LogP contribution in [0.25, 0.3) is 0 Å². The van der Waals surface area contributed by atoms with Crippen molar-refractivity contribution in [3.05, 3.63) is 5.56 Å². The summed E-state index contributed by atoms with van der Waals surface area (Å²) in [4.78, 5) is 14.5. The standard InChI is InChI=1S/C14H24N4OS/c1-8(2)10-5-6-18(7-10)14-11(12(15)17-20-14)13(19)16-9(3)4/h8-10H,5-7H2,1-4H3,(H2,15,17)(H,16,19). The zero-order valence-electron chi connectivity index (χ0n) is 12.6. The van der Waals surface area contributed by atoms with Gasteiger partial charge in [0.1, 0.15) is 10.6 Å². The number of nitrogens with zero attached hydrogens (tertiary/aromatic N) is 2. The number of carbonyl (C=O) groups excluding carboxylic acids is 1. The Kier molecular flexibility index (Phi) is 4.52. The second-order valence-corrected chi connectivity index (χ2v) is 6.87. The summed E-state index contributed by atoms with van der Waals surface area (Å²) in [5.74, 6) is 1.57. The molecule has 112 valence electrons. The van der Waals surface area contributed by atoms with E-state index < -0.39 is 0 Å². The molecule has 3 N–H and O–H groups in total. The van der Waals surface area contributed by atoms with Crippen molar-refractivity contribution in [2.75, 3.05) is 23.7 Å². The van der Waals surface area contributed by atoms with Crippen molar-refractivity contribution in [3.8, 4) is 0 Å². The molecule has 20 heavy (non-hydrogen) atoms. The molecule has 5 nitrogen and oxygen atoms in total. The molecule has 0 aromatic carbocycles. The van der Waals surface area contributed by atoms with Gasteiger partial charge in [0.05, 0.1) is 0 Å². The van der Waals surface area contributed by atoms with Crippen LogP contribution in [0.15, 0.2) is 0 Å². The maximum atomic E-state index is 12.3. The minimum atomic E-state index is -0.116. The lowest BCUT2D eigenvalue weighted by molar-refractivity contribution is 0.0945. The third-order valence-corrected chi connectivity index (χ3v) is 4.73. The van der Waals surface area contributed by atoms with Crippen LogP contribution in [0.5, 0.6) is 0 Å². The third-order valence-electron chi connectivity index (χ3n) is 3.80. The molecule has 1 aromatic heterocycles. The van der Waals surface area contributed by atoms with Crippen LogP contribution in [0.1, 0.15) is 44.5 Å². The molecule has 6 heteroatoms. The fraction of sp³-hybridized carbons (Fsp3) is 0.714. The van der Waals surface area contributed by atoms with Crippen LogP contribution >= 0.6 is 11.5 Å². The second-order valence-electron chi connectivity index (χ2n) is 6.11. The zero-order valence-corrected chi connectivity index (χ0v) is 13.5. The Hall–Kier alpha value is -1.30. The number of amides is 1. The summed E-state index contributed by atoms with van der Waals surface area (Å²) in [5, 5.41) is 3.83. The van der Waals surface area contributed by atoms with Crippen LogP contribution in [-0.2, 0) is 0 Å².